The van der Waals surface area contributed by atoms with Crippen molar-refractivity contribution in [3.8, 4) is 11.4 Å². The zero-order valence-electron chi connectivity index (χ0n) is 21.2. The molecule has 0 N–H and O–H groups in total. The van der Waals surface area contributed by atoms with Gasteiger partial charge in [0.2, 0.25) is 5.95 Å². The molecule has 0 saturated carbocycles. The highest BCUT2D eigenvalue weighted by molar-refractivity contribution is 6.30. The van der Waals surface area contributed by atoms with Gasteiger partial charge >= 0.3 is 5.69 Å². The highest BCUT2D eigenvalue weighted by Crippen LogP contribution is 2.22. The monoisotopic (exact) mass is 533 g/mol. The molecule has 1 saturated heterocycles. The van der Waals surface area contributed by atoms with Crippen LogP contribution in [0.15, 0.2) is 72.0 Å². The van der Waals surface area contributed by atoms with Crippen LogP contribution < -0.4 is 20.2 Å². The minimum atomic E-state index is -0.730. The van der Waals surface area contributed by atoms with Crippen molar-refractivity contribution in [1.82, 2.24) is 24.3 Å². The Morgan fingerprint density at radius 1 is 0.947 bits per heavy atom. The van der Waals surface area contributed by atoms with Gasteiger partial charge < -0.3 is 14.5 Å². The Bertz CT molecular complexity index is 1440. The molecule has 1 unspecified atom stereocenters. The van der Waals surface area contributed by atoms with Crippen molar-refractivity contribution in [2.45, 2.75) is 19.4 Å². The topological polar surface area (TPSA) is 98.4 Å². The van der Waals surface area contributed by atoms with E-state index in [4.69, 9.17) is 16.3 Å². The molecule has 0 spiro atoms. The first-order valence-corrected chi connectivity index (χ1v) is 12.8. The molecular weight excluding hydrogens is 506 g/mol. The molecule has 0 aliphatic carbocycles. The number of carbonyl (C=O) groups excluding carboxylic acids is 1. The maximum atomic E-state index is 13.2. The highest BCUT2D eigenvalue weighted by atomic mass is 35.5. The smallest absolute Gasteiger partial charge is 0.351 e. The summed E-state index contributed by atoms with van der Waals surface area (Å²) < 4.78 is 7.80. The van der Waals surface area contributed by atoms with Gasteiger partial charge in [-0.1, -0.05) is 18.5 Å². The van der Waals surface area contributed by atoms with Gasteiger partial charge in [0.25, 0.3) is 0 Å². The zero-order chi connectivity index (χ0) is 26.6. The summed E-state index contributed by atoms with van der Waals surface area (Å²) in [5.41, 5.74) is 1.68. The van der Waals surface area contributed by atoms with E-state index in [-0.39, 0.29) is 5.78 Å². The largest absolute Gasteiger partial charge is 0.497 e. The first-order chi connectivity index (χ1) is 18.5. The van der Waals surface area contributed by atoms with Gasteiger partial charge in [-0.25, -0.2) is 24.0 Å². The van der Waals surface area contributed by atoms with Crippen molar-refractivity contribution < 1.29 is 9.53 Å². The van der Waals surface area contributed by atoms with Crippen molar-refractivity contribution >= 4 is 29.0 Å². The maximum Gasteiger partial charge on any atom is 0.351 e. The standard InChI is InChI=1S/C27H28ClN7O3/c1-3-24(25(36)19-4-6-20(28)7-5-19)35-27(37)34(18-31-35)22-16-29-26(30-17-22)33-14-12-32(13-15-33)21-8-10-23(38-2)11-9-21/h4-11,16-18,24H,3,12-15H2,1-2H3. The van der Waals surface area contributed by atoms with Gasteiger partial charge in [0, 0.05) is 42.5 Å². The molecule has 1 aliphatic heterocycles. The molecule has 0 bridgehead atoms. The van der Waals surface area contributed by atoms with Crippen LogP contribution in [0.4, 0.5) is 11.6 Å². The molecule has 11 heteroatoms. The van der Waals surface area contributed by atoms with Crippen LogP contribution in [0.2, 0.25) is 5.02 Å². The molecule has 1 aliphatic rings. The van der Waals surface area contributed by atoms with E-state index in [0.717, 1.165) is 37.6 Å². The minimum Gasteiger partial charge on any atom is -0.497 e. The predicted molar refractivity (Wildman–Crippen MR) is 146 cm³/mol. The normalized spacial score (nSPS) is 14.4. The second kappa shape index (κ2) is 11.1. The van der Waals surface area contributed by atoms with E-state index in [9.17, 15) is 9.59 Å². The van der Waals surface area contributed by atoms with Crippen molar-refractivity contribution in [2.24, 2.45) is 0 Å². The fraction of sp³-hybridized carbons (Fsp3) is 0.296. The molecule has 38 heavy (non-hydrogen) atoms. The van der Waals surface area contributed by atoms with Crippen LogP contribution in [-0.2, 0) is 0 Å². The van der Waals surface area contributed by atoms with Crippen LogP contribution in [0, 0.1) is 0 Å². The van der Waals surface area contributed by atoms with E-state index < -0.39 is 11.7 Å². The second-order valence-electron chi connectivity index (χ2n) is 8.94. The Morgan fingerprint density at radius 3 is 2.18 bits per heavy atom. The van der Waals surface area contributed by atoms with Gasteiger partial charge in [0.1, 0.15) is 18.1 Å². The summed E-state index contributed by atoms with van der Waals surface area (Å²) in [5, 5.41) is 4.77. The molecule has 4 aromatic rings. The highest BCUT2D eigenvalue weighted by Gasteiger charge is 2.25. The number of nitrogens with zero attached hydrogens (tertiary/aromatic N) is 7. The number of methoxy groups -OCH3 is 1. The number of hydrogen-bond donors (Lipinski definition) is 0. The van der Waals surface area contributed by atoms with E-state index in [0.29, 0.717) is 28.6 Å². The molecular formula is C27H28ClN7O3. The summed E-state index contributed by atoms with van der Waals surface area (Å²) in [6, 6.07) is 13.9. The number of anilines is 2. The van der Waals surface area contributed by atoms with Gasteiger partial charge in [-0.15, -0.1) is 0 Å². The Kier molecular flexibility index (Phi) is 7.41. The summed E-state index contributed by atoms with van der Waals surface area (Å²) in [6.45, 7) is 5.06. The van der Waals surface area contributed by atoms with Gasteiger partial charge in [-0.05, 0) is 55.0 Å². The number of benzene rings is 2. The quantitative estimate of drug-likeness (QED) is 0.317. The van der Waals surface area contributed by atoms with Gasteiger partial charge in [0.05, 0.1) is 25.2 Å². The number of carbonyl (C=O) groups is 1. The summed E-state index contributed by atoms with van der Waals surface area (Å²) in [7, 11) is 1.66. The van der Waals surface area contributed by atoms with Crippen LogP contribution in [0.25, 0.3) is 5.69 Å². The number of halogens is 1. The lowest BCUT2D eigenvalue weighted by Gasteiger charge is -2.36. The molecule has 1 fully saturated rings. The second-order valence-corrected chi connectivity index (χ2v) is 9.37. The fourth-order valence-electron chi connectivity index (χ4n) is 4.54. The van der Waals surface area contributed by atoms with Crippen LogP contribution in [0.5, 0.6) is 5.75 Å². The molecule has 2 aromatic carbocycles. The van der Waals surface area contributed by atoms with Crippen LogP contribution in [0.3, 0.4) is 0 Å². The van der Waals surface area contributed by atoms with Crippen LogP contribution in [-0.4, -0.2) is 63.4 Å². The molecule has 196 valence electrons. The molecule has 2 aromatic heterocycles. The number of ketones is 1. The molecule has 0 radical (unpaired) electrons. The van der Waals surface area contributed by atoms with E-state index in [1.54, 1.807) is 43.8 Å². The maximum absolute atomic E-state index is 13.2. The third-order valence-electron chi connectivity index (χ3n) is 6.71. The molecule has 0 amide bonds. The third kappa shape index (κ3) is 5.12. The Balaban J connectivity index is 1.27. The van der Waals surface area contributed by atoms with Crippen molar-refractivity contribution in [3.05, 3.63) is 88.3 Å². The zero-order valence-corrected chi connectivity index (χ0v) is 22.0. The fourth-order valence-corrected chi connectivity index (χ4v) is 4.67. The Morgan fingerprint density at radius 2 is 1.58 bits per heavy atom. The predicted octanol–water partition coefficient (Wildman–Crippen LogP) is 3.65. The van der Waals surface area contributed by atoms with Crippen LogP contribution in [0.1, 0.15) is 29.7 Å². The van der Waals surface area contributed by atoms with Crippen molar-refractivity contribution in [3.63, 3.8) is 0 Å². The lowest BCUT2D eigenvalue weighted by Crippen LogP contribution is -2.47. The minimum absolute atomic E-state index is 0.197. The van der Waals surface area contributed by atoms with Gasteiger partial charge in [-0.3, -0.25) is 4.79 Å². The van der Waals surface area contributed by atoms with E-state index >= 15 is 0 Å². The average molecular weight is 534 g/mol. The summed E-state index contributed by atoms with van der Waals surface area (Å²) >= 11 is 5.94. The molecule has 3 heterocycles. The van der Waals surface area contributed by atoms with Gasteiger partial charge in [0.15, 0.2) is 5.78 Å². The number of hydrogen-bond acceptors (Lipinski definition) is 8. The summed E-state index contributed by atoms with van der Waals surface area (Å²) in [4.78, 5) is 39.7. The summed E-state index contributed by atoms with van der Waals surface area (Å²) in [6.07, 6.45) is 5.02. The summed E-state index contributed by atoms with van der Waals surface area (Å²) in [5.74, 6) is 1.24. The first kappa shape index (κ1) is 25.5. The number of piperazine rings is 1. The average Bonchev–Trinajstić information content (AvgIpc) is 3.34. The number of aromatic nitrogens is 5. The number of Topliss-reactive ketones (excluding diaryl/α,β-unsaturated/α-hetero) is 1. The lowest BCUT2D eigenvalue weighted by atomic mass is 10.0. The van der Waals surface area contributed by atoms with E-state index in [1.807, 2.05) is 19.1 Å². The molecule has 1 atom stereocenters. The van der Waals surface area contributed by atoms with Crippen LogP contribution >= 0.6 is 11.6 Å². The van der Waals surface area contributed by atoms with Crippen molar-refractivity contribution in [1.29, 1.82) is 0 Å². The molecule has 10 nitrogen and oxygen atoms in total. The van der Waals surface area contributed by atoms with Crippen molar-refractivity contribution in [2.75, 3.05) is 43.1 Å². The van der Waals surface area contributed by atoms with E-state index in [2.05, 4.69) is 37.0 Å². The molecule has 5 rings (SSSR count). The first-order valence-electron chi connectivity index (χ1n) is 12.4. The SMILES string of the molecule is CCC(C(=O)c1ccc(Cl)cc1)n1ncn(-c2cnc(N3CCN(c4ccc(OC)cc4)CC3)nc2)c1=O. The Hall–Kier alpha value is -4.18. The number of rotatable bonds is 8. The van der Waals surface area contributed by atoms with Gasteiger partial charge in [-0.2, -0.15) is 5.10 Å². The lowest BCUT2D eigenvalue weighted by molar-refractivity contribution is 0.0911. The van der Waals surface area contributed by atoms with E-state index in [1.165, 1.54) is 15.6 Å². The number of ether oxygens (including phenoxy) is 1. The third-order valence-corrected chi connectivity index (χ3v) is 6.96. The Labute approximate surface area is 225 Å².